The Balaban J connectivity index is 1.62. The van der Waals surface area contributed by atoms with Crippen LogP contribution < -0.4 is 5.32 Å². The SMILES string of the molecule is CC(C)(C)C(NC(=O)c1nn(Cc2ccc(F)cc2)c2ccccc12)C(=O)N1CCC(F)C1. The Morgan fingerprint density at radius 3 is 2.48 bits per heavy atom. The second kappa shape index (κ2) is 8.92. The third kappa shape index (κ3) is 4.89. The normalized spacial score (nSPS) is 17.4. The van der Waals surface area contributed by atoms with Gasteiger partial charge in [0.2, 0.25) is 5.91 Å². The molecule has 0 radical (unpaired) electrons. The zero-order valence-electron chi connectivity index (χ0n) is 19.0. The van der Waals surface area contributed by atoms with E-state index in [4.69, 9.17) is 0 Å². The summed E-state index contributed by atoms with van der Waals surface area (Å²) >= 11 is 0. The van der Waals surface area contributed by atoms with Gasteiger partial charge in [0, 0.05) is 11.9 Å². The number of aromatic nitrogens is 2. The van der Waals surface area contributed by atoms with Crippen LogP contribution in [0.5, 0.6) is 0 Å². The third-order valence-electron chi connectivity index (χ3n) is 5.95. The van der Waals surface area contributed by atoms with E-state index in [1.54, 1.807) is 22.9 Å². The van der Waals surface area contributed by atoms with Crippen molar-refractivity contribution in [1.82, 2.24) is 20.0 Å². The number of likely N-dealkylation sites (tertiary alicyclic amines) is 1. The molecule has 1 aromatic heterocycles. The first kappa shape index (κ1) is 22.9. The number of hydrogen-bond acceptors (Lipinski definition) is 3. The summed E-state index contributed by atoms with van der Waals surface area (Å²) in [6.45, 7) is 6.35. The molecule has 2 unspecified atom stereocenters. The zero-order valence-corrected chi connectivity index (χ0v) is 19.0. The maximum Gasteiger partial charge on any atom is 0.273 e. The predicted octanol–water partition coefficient (Wildman–Crippen LogP) is 3.94. The lowest BCUT2D eigenvalue weighted by Gasteiger charge is -2.33. The number of fused-ring (bicyclic) bond motifs is 1. The fourth-order valence-corrected chi connectivity index (χ4v) is 4.13. The van der Waals surface area contributed by atoms with E-state index in [1.807, 2.05) is 39.0 Å². The molecule has 4 rings (SSSR count). The molecule has 6 nitrogen and oxygen atoms in total. The number of carbonyl (C=O) groups excluding carboxylic acids is 2. The quantitative estimate of drug-likeness (QED) is 0.635. The molecule has 1 N–H and O–H groups in total. The van der Waals surface area contributed by atoms with Crippen molar-refractivity contribution in [2.75, 3.05) is 13.1 Å². The molecule has 3 aromatic rings. The Morgan fingerprint density at radius 1 is 1.15 bits per heavy atom. The Labute approximate surface area is 191 Å². The highest BCUT2D eigenvalue weighted by Crippen LogP contribution is 2.25. The van der Waals surface area contributed by atoms with Gasteiger partial charge in [-0.15, -0.1) is 0 Å². The molecule has 1 saturated heterocycles. The van der Waals surface area contributed by atoms with Crippen LogP contribution in [0.3, 0.4) is 0 Å². The molecule has 1 aliphatic rings. The average Bonchev–Trinajstić information content (AvgIpc) is 3.36. The number of alkyl halides is 1. The van der Waals surface area contributed by atoms with Gasteiger partial charge in [0.1, 0.15) is 18.0 Å². The van der Waals surface area contributed by atoms with Gasteiger partial charge in [-0.05, 0) is 35.6 Å². The molecule has 2 aromatic carbocycles. The summed E-state index contributed by atoms with van der Waals surface area (Å²) in [7, 11) is 0. The number of halogens is 2. The van der Waals surface area contributed by atoms with Crippen LogP contribution in [0.15, 0.2) is 48.5 Å². The Hall–Kier alpha value is -3.29. The number of amides is 2. The van der Waals surface area contributed by atoms with E-state index in [0.717, 1.165) is 11.1 Å². The van der Waals surface area contributed by atoms with Crippen molar-refractivity contribution < 1.29 is 18.4 Å². The number of rotatable bonds is 5. The summed E-state index contributed by atoms with van der Waals surface area (Å²) in [5, 5.41) is 8.06. The number of nitrogens with one attached hydrogen (secondary N) is 1. The Morgan fingerprint density at radius 2 is 1.85 bits per heavy atom. The van der Waals surface area contributed by atoms with Gasteiger partial charge in [0.05, 0.1) is 18.6 Å². The lowest BCUT2D eigenvalue weighted by molar-refractivity contribution is -0.135. The van der Waals surface area contributed by atoms with E-state index in [1.165, 1.54) is 17.0 Å². The molecule has 0 spiro atoms. The molecule has 174 valence electrons. The highest BCUT2D eigenvalue weighted by atomic mass is 19.1. The van der Waals surface area contributed by atoms with Crippen LogP contribution in [0.1, 0.15) is 43.2 Å². The summed E-state index contributed by atoms with van der Waals surface area (Å²) in [5.41, 5.74) is 1.23. The highest BCUT2D eigenvalue weighted by molar-refractivity contribution is 6.06. The van der Waals surface area contributed by atoms with Crippen LogP contribution >= 0.6 is 0 Å². The number of benzene rings is 2. The van der Waals surface area contributed by atoms with E-state index < -0.39 is 23.5 Å². The Bertz CT molecular complexity index is 1170. The maximum atomic E-state index is 13.7. The highest BCUT2D eigenvalue weighted by Gasteiger charge is 2.39. The van der Waals surface area contributed by atoms with Crippen LogP contribution in [0.4, 0.5) is 8.78 Å². The molecule has 1 fully saturated rings. The van der Waals surface area contributed by atoms with Gasteiger partial charge < -0.3 is 10.2 Å². The van der Waals surface area contributed by atoms with Crippen molar-refractivity contribution in [3.05, 3.63) is 65.6 Å². The molecule has 8 heteroatoms. The number of carbonyl (C=O) groups is 2. The summed E-state index contributed by atoms with van der Waals surface area (Å²) in [4.78, 5) is 27.9. The second-order valence-corrected chi connectivity index (χ2v) is 9.59. The van der Waals surface area contributed by atoms with E-state index in [-0.39, 0.29) is 24.0 Å². The molecule has 2 atom stereocenters. The molecule has 2 heterocycles. The first-order valence-corrected chi connectivity index (χ1v) is 11.1. The first-order valence-electron chi connectivity index (χ1n) is 11.1. The topological polar surface area (TPSA) is 67.2 Å². The van der Waals surface area contributed by atoms with E-state index >= 15 is 0 Å². The molecule has 33 heavy (non-hydrogen) atoms. The minimum Gasteiger partial charge on any atom is -0.338 e. The fourth-order valence-electron chi connectivity index (χ4n) is 4.13. The van der Waals surface area contributed by atoms with E-state index in [0.29, 0.717) is 24.9 Å². The summed E-state index contributed by atoms with van der Waals surface area (Å²) in [5.74, 6) is -1.07. The standard InChI is InChI=1S/C25H28F2N4O2/c1-25(2,3)22(24(33)30-13-12-18(27)15-30)28-23(32)21-19-6-4-5-7-20(19)31(29-21)14-16-8-10-17(26)11-9-16/h4-11,18,22H,12-15H2,1-3H3,(H,28,32). The first-order chi connectivity index (χ1) is 15.6. The van der Waals surface area contributed by atoms with Crippen molar-refractivity contribution in [1.29, 1.82) is 0 Å². The fraction of sp³-hybridized carbons (Fsp3) is 0.400. The minimum absolute atomic E-state index is 0.0521. The van der Waals surface area contributed by atoms with E-state index in [2.05, 4.69) is 10.4 Å². The summed E-state index contributed by atoms with van der Waals surface area (Å²) in [6, 6.07) is 12.6. The van der Waals surface area contributed by atoms with Crippen molar-refractivity contribution >= 4 is 22.7 Å². The van der Waals surface area contributed by atoms with Crippen LogP contribution in [0, 0.1) is 11.2 Å². The van der Waals surface area contributed by atoms with Gasteiger partial charge in [0.15, 0.2) is 5.69 Å². The largest absolute Gasteiger partial charge is 0.338 e. The molecule has 0 bridgehead atoms. The van der Waals surface area contributed by atoms with Gasteiger partial charge in [-0.3, -0.25) is 14.3 Å². The molecular formula is C25H28F2N4O2. The Kier molecular flexibility index (Phi) is 6.19. The molecule has 2 amide bonds. The second-order valence-electron chi connectivity index (χ2n) is 9.59. The molecular weight excluding hydrogens is 426 g/mol. The van der Waals surface area contributed by atoms with E-state index in [9.17, 15) is 18.4 Å². The van der Waals surface area contributed by atoms with Crippen molar-refractivity contribution in [2.24, 2.45) is 5.41 Å². The monoisotopic (exact) mass is 454 g/mol. The smallest absolute Gasteiger partial charge is 0.273 e. The molecule has 0 aliphatic carbocycles. The lowest BCUT2D eigenvalue weighted by atomic mass is 9.85. The number of nitrogens with zero attached hydrogens (tertiary/aromatic N) is 3. The van der Waals surface area contributed by atoms with Gasteiger partial charge >= 0.3 is 0 Å². The van der Waals surface area contributed by atoms with Crippen molar-refractivity contribution in [2.45, 2.75) is 46.0 Å². The third-order valence-corrected chi connectivity index (χ3v) is 5.95. The lowest BCUT2D eigenvalue weighted by Crippen LogP contribution is -2.54. The van der Waals surface area contributed by atoms with Crippen LogP contribution in [-0.2, 0) is 11.3 Å². The van der Waals surface area contributed by atoms with Crippen LogP contribution in [0.2, 0.25) is 0 Å². The molecule has 0 saturated carbocycles. The number of para-hydroxylation sites is 1. The van der Waals surface area contributed by atoms with Gasteiger partial charge in [-0.25, -0.2) is 8.78 Å². The minimum atomic E-state index is -1.03. The van der Waals surface area contributed by atoms with Crippen LogP contribution in [0.25, 0.3) is 10.9 Å². The summed E-state index contributed by atoms with van der Waals surface area (Å²) in [6.07, 6.45) is -0.717. The van der Waals surface area contributed by atoms with Gasteiger partial charge in [-0.1, -0.05) is 51.1 Å². The maximum absolute atomic E-state index is 13.7. The van der Waals surface area contributed by atoms with Crippen molar-refractivity contribution in [3.8, 4) is 0 Å². The zero-order chi connectivity index (χ0) is 23.8. The van der Waals surface area contributed by atoms with Gasteiger partial charge in [-0.2, -0.15) is 5.10 Å². The number of hydrogen-bond donors (Lipinski definition) is 1. The van der Waals surface area contributed by atoms with Crippen molar-refractivity contribution in [3.63, 3.8) is 0 Å². The molecule has 1 aliphatic heterocycles. The predicted molar refractivity (Wildman–Crippen MR) is 122 cm³/mol. The summed E-state index contributed by atoms with van der Waals surface area (Å²) < 4.78 is 28.7. The average molecular weight is 455 g/mol. The van der Waals surface area contributed by atoms with Gasteiger partial charge in [0.25, 0.3) is 5.91 Å². The van der Waals surface area contributed by atoms with Crippen LogP contribution in [-0.4, -0.2) is 51.8 Å².